The van der Waals surface area contributed by atoms with E-state index in [9.17, 15) is 9.90 Å². The molecular weight excluding hydrogens is 230 g/mol. The van der Waals surface area contributed by atoms with Crippen LogP contribution in [0.1, 0.15) is 31.2 Å². The van der Waals surface area contributed by atoms with Gasteiger partial charge in [0.1, 0.15) is 0 Å². The minimum atomic E-state index is -0.697. The van der Waals surface area contributed by atoms with E-state index in [2.05, 4.69) is 10.4 Å². The van der Waals surface area contributed by atoms with Crippen molar-refractivity contribution < 1.29 is 9.90 Å². The number of hydrogen-bond donors (Lipinski definition) is 2. The maximum absolute atomic E-state index is 11.6. The molecule has 1 aliphatic carbocycles. The van der Waals surface area contributed by atoms with Crippen molar-refractivity contribution in [2.75, 3.05) is 6.54 Å². The summed E-state index contributed by atoms with van der Waals surface area (Å²) in [6.07, 6.45) is 10.3. The highest BCUT2D eigenvalue weighted by molar-refractivity contribution is 5.91. The van der Waals surface area contributed by atoms with Crippen molar-refractivity contribution in [3.8, 4) is 0 Å². The third kappa shape index (κ3) is 3.43. The molecule has 1 amide bonds. The molecule has 5 heteroatoms. The van der Waals surface area contributed by atoms with Gasteiger partial charge in [0.05, 0.1) is 11.8 Å². The summed E-state index contributed by atoms with van der Waals surface area (Å²) in [5.74, 6) is -0.181. The molecule has 2 rings (SSSR count). The van der Waals surface area contributed by atoms with Gasteiger partial charge in [0.2, 0.25) is 5.91 Å². The lowest BCUT2D eigenvalue weighted by Crippen LogP contribution is -2.40. The van der Waals surface area contributed by atoms with Crippen LogP contribution in [0.3, 0.4) is 0 Å². The largest absolute Gasteiger partial charge is 0.388 e. The first kappa shape index (κ1) is 12.8. The Balaban J connectivity index is 1.80. The van der Waals surface area contributed by atoms with E-state index in [1.807, 2.05) is 13.2 Å². The molecule has 2 N–H and O–H groups in total. The molecule has 0 atom stereocenters. The highest BCUT2D eigenvalue weighted by Gasteiger charge is 2.30. The van der Waals surface area contributed by atoms with Crippen molar-refractivity contribution in [3.05, 3.63) is 24.0 Å². The number of carbonyl (C=O) groups excluding carboxylic acids is 1. The Morgan fingerprint density at radius 2 is 2.33 bits per heavy atom. The minimum Gasteiger partial charge on any atom is -0.388 e. The van der Waals surface area contributed by atoms with Crippen molar-refractivity contribution in [2.24, 2.45) is 7.05 Å². The maximum Gasteiger partial charge on any atom is 0.244 e. The molecule has 0 spiro atoms. The summed E-state index contributed by atoms with van der Waals surface area (Å²) in [6.45, 7) is 0.337. The smallest absolute Gasteiger partial charge is 0.244 e. The molecule has 0 aromatic carbocycles. The summed E-state index contributed by atoms with van der Waals surface area (Å²) in [6, 6.07) is 0. The predicted octanol–water partition coefficient (Wildman–Crippen LogP) is 0.855. The molecule has 0 radical (unpaired) electrons. The topological polar surface area (TPSA) is 67.2 Å². The molecule has 1 saturated carbocycles. The van der Waals surface area contributed by atoms with Crippen LogP contribution in [0.4, 0.5) is 0 Å². The summed E-state index contributed by atoms with van der Waals surface area (Å²) in [4.78, 5) is 11.6. The Bertz CT molecular complexity index is 445. The second kappa shape index (κ2) is 5.35. The average Bonchev–Trinajstić information content (AvgIpc) is 2.94. The number of carbonyl (C=O) groups is 1. The molecule has 0 unspecified atom stereocenters. The van der Waals surface area contributed by atoms with Gasteiger partial charge in [-0.1, -0.05) is 12.8 Å². The van der Waals surface area contributed by atoms with E-state index in [0.717, 1.165) is 31.2 Å². The fraction of sp³-hybridized carbons (Fsp3) is 0.538. The number of amides is 1. The number of hydrogen-bond acceptors (Lipinski definition) is 3. The van der Waals surface area contributed by atoms with E-state index >= 15 is 0 Å². The molecule has 0 saturated heterocycles. The molecule has 0 aliphatic heterocycles. The van der Waals surface area contributed by atoms with Crippen molar-refractivity contribution in [1.82, 2.24) is 15.1 Å². The van der Waals surface area contributed by atoms with Crippen molar-refractivity contribution >= 4 is 12.0 Å². The third-order valence-electron chi connectivity index (χ3n) is 3.28. The number of aromatic nitrogens is 2. The van der Waals surface area contributed by atoms with Gasteiger partial charge in [-0.15, -0.1) is 0 Å². The normalized spacial score (nSPS) is 18.3. The minimum absolute atomic E-state index is 0.181. The molecule has 1 aromatic heterocycles. The lowest BCUT2D eigenvalue weighted by Gasteiger charge is -2.21. The number of nitrogens with one attached hydrogen (secondary N) is 1. The highest BCUT2D eigenvalue weighted by Crippen LogP contribution is 2.28. The van der Waals surface area contributed by atoms with Crippen LogP contribution in [0, 0.1) is 0 Å². The van der Waals surface area contributed by atoms with Gasteiger partial charge < -0.3 is 10.4 Å². The Kier molecular flexibility index (Phi) is 3.81. The van der Waals surface area contributed by atoms with Gasteiger partial charge in [0, 0.05) is 31.4 Å². The van der Waals surface area contributed by atoms with Gasteiger partial charge in [-0.25, -0.2) is 0 Å². The third-order valence-corrected chi connectivity index (χ3v) is 3.28. The van der Waals surface area contributed by atoms with Crippen molar-refractivity contribution in [3.63, 3.8) is 0 Å². The monoisotopic (exact) mass is 249 g/mol. The summed E-state index contributed by atoms with van der Waals surface area (Å²) >= 11 is 0. The van der Waals surface area contributed by atoms with E-state index in [1.54, 1.807) is 17.0 Å². The first-order valence-corrected chi connectivity index (χ1v) is 6.24. The summed E-state index contributed by atoms with van der Waals surface area (Å²) < 4.78 is 1.68. The lowest BCUT2D eigenvalue weighted by atomic mass is 10.0. The Labute approximate surface area is 106 Å². The molecular formula is C13H19N3O2. The predicted molar refractivity (Wildman–Crippen MR) is 68.7 cm³/mol. The zero-order valence-corrected chi connectivity index (χ0v) is 10.6. The van der Waals surface area contributed by atoms with Crippen LogP contribution >= 0.6 is 0 Å². The molecule has 18 heavy (non-hydrogen) atoms. The molecule has 1 aromatic rings. The number of rotatable bonds is 4. The summed E-state index contributed by atoms with van der Waals surface area (Å²) in [5.41, 5.74) is 0.185. The zero-order valence-electron chi connectivity index (χ0n) is 10.6. The van der Waals surface area contributed by atoms with E-state index in [1.165, 1.54) is 6.08 Å². The first-order valence-electron chi connectivity index (χ1n) is 6.24. The molecule has 98 valence electrons. The Hall–Kier alpha value is -1.62. The molecule has 5 nitrogen and oxygen atoms in total. The van der Waals surface area contributed by atoms with Crippen LogP contribution in [0.15, 0.2) is 18.5 Å². The van der Waals surface area contributed by atoms with E-state index in [4.69, 9.17) is 0 Å². The van der Waals surface area contributed by atoms with Crippen LogP contribution < -0.4 is 5.32 Å². The second-order valence-electron chi connectivity index (χ2n) is 4.93. The van der Waals surface area contributed by atoms with Crippen molar-refractivity contribution in [2.45, 2.75) is 31.3 Å². The number of aryl methyl sites for hydroxylation is 1. The zero-order chi connectivity index (χ0) is 13.0. The average molecular weight is 249 g/mol. The van der Waals surface area contributed by atoms with Crippen molar-refractivity contribution in [1.29, 1.82) is 0 Å². The molecule has 1 heterocycles. The van der Waals surface area contributed by atoms with Gasteiger partial charge >= 0.3 is 0 Å². The Morgan fingerprint density at radius 3 is 2.94 bits per heavy atom. The quantitative estimate of drug-likeness (QED) is 0.778. The van der Waals surface area contributed by atoms with Crippen LogP contribution in [0.2, 0.25) is 0 Å². The second-order valence-corrected chi connectivity index (χ2v) is 4.93. The van der Waals surface area contributed by atoms with Crippen LogP contribution in [0.5, 0.6) is 0 Å². The SMILES string of the molecule is Cn1cc(C=CC(=O)NCC2(O)CCCC2)cn1. The van der Waals surface area contributed by atoms with Gasteiger partial charge in [-0.2, -0.15) is 5.10 Å². The Morgan fingerprint density at radius 1 is 1.61 bits per heavy atom. The maximum atomic E-state index is 11.6. The van der Waals surface area contributed by atoms with E-state index < -0.39 is 5.60 Å². The highest BCUT2D eigenvalue weighted by atomic mass is 16.3. The van der Waals surface area contributed by atoms with Crippen LogP contribution in [-0.4, -0.2) is 32.9 Å². The van der Waals surface area contributed by atoms with Crippen LogP contribution in [-0.2, 0) is 11.8 Å². The van der Waals surface area contributed by atoms with E-state index in [0.29, 0.717) is 6.54 Å². The van der Waals surface area contributed by atoms with Gasteiger partial charge in [-0.3, -0.25) is 9.48 Å². The molecule has 0 bridgehead atoms. The lowest BCUT2D eigenvalue weighted by molar-refractivity contribution is -0.117. The summed E-state index contributed by atoms with van der Waals surface area (Å²) in [5, 5.41) is 16.8. The standard InChI is InChI=1S/C13H19N3O2/c1-16-9-11(8-15-16)4-5-12(17)14-10-13(18)6-2-3-7-13/h4-5,8-9,18H,2-3,6-7,10H2,1H3,(H,14,17). The molecule has 1 aliphatic rings. The van der Waals surface area contributed by atoms with Gasteiger partial charge in [0.25, 0.3) is 0 Å². The fourth-order valence-corrected chi connectivity index (χ4v) is 2.22. The first-order chi connectivity index (χ1) is 8.57. The van der Waals surface area contributed by atoms with Crippen LogP contribution in [0.25, 0.3) is 6.08 Å². The summed E-state index contributed by atoms with van der Waals surface area (Å²) in [7, 11) is 1.83. The number of nitrogens with zero attached hydrogens (tertiary/aromatic N) is 2. The van der Waals surface area contributed by atoms with Gasteiger partial charge in [-0.05, 0) is 18.9 Å². The molecule has 1 fully saturated rings. The van der Waals surface area contributed by atoms with E-state index in [-0.39, 0.29) is 5.91 Å². The fourth-order valence-electron chi connectivity index (χ4n) is 2.22. The number of aliphatic hydroxyl groups is 1. The van der Waals surface area contributed by atoms with Gasteiger partial charge in [0.15, 0.2) is 0 Å².